The quantitative estimate of drug-likeness (QED) is 0.778. The number of halogens is 3. The van der Waals surface area contributed by atoms with Crippen molar-refractivity contribution in [3.63, 3.8) is 0 Å². The summed E-state index contributed by atoms with van der Waals surface area (Å²) in [5, 5.41) is 0. The lowest BCUT2D eigenvalue weighted by Gasteiger charge is -2.08. The molecular formula is C8H4F3NOS2. The summed E-state index contributed by atoms with van der Waals surface area (Å²) in [6.07, 6.45) is -4.68. The standard InChI is InChI=1S/C8H4F3NOS2/c9-8(10,11)13-5-3-1-2-4-6(5)15-7(14)12-4/h1-3H,(H,12,14). The van der Waals surface area contributed by atoms with E-state index in [1.54, 1.807) is 6.07 Å². The van der Waals surface area contributed by atoms with Gasteiger partial charge in [0.05, 0.1) is 10.2 Å². The van der Waals surface area contributed by atoms with Gasteiger partial charge in [-0.25, -0.2) is 0 Å². The van der Waals surface area contributed by atoms with Crippen molar-refractivity contribution in [2.45, 2.75) is 6.36 Å². The highest BCUT2D eigenvalue weighted by Crippen LogP contribution is 2.33. The van der Waals surface area contributed by atoms with Crippen LogP contribution in [0.3, 0.4) is 0 Å². The fourth-order valence-electron chi connectivity index (χ4n) is 1.15. The molecule has 0 spiro atoms. The normalized spacial score (nSPS) is 11.9. The van der Waals surface area contributed by atoms with Crippen LogP contribution in [0.4, 0.5) is 13.2 Å². The van der Waals surface area contributed by atoms with E-state index in [0.717, 1.165) is 11.3 Å². The lowest BCUT2D eigenvalue weighted by Crippen LogP contribution is -2.17. The third-order valence-electron chi connectivity index (χ3n) is 1.64. The number of rotatable bonds is 1. The third kappa shape index (κ3) is 2.29. The maximum absolute atomic E-state index is 12.0. The van der Waals surface area contributed by atoms with Crippen molar-refractivity contribution in [3.8, 4) is 5.75 Å². The van der Waals surface area contributed by atoms with E-state index in [9.17, 15) is 13.2 Å². The average molecular weight is 251 g/mol. The van der Waals surface area contributed by atoms with E-state index in [1.165, 1.54) is 12.1 Å². The smallest absolute Gasteiger partial charge is 0.404 e. The van der Waals surface area contributed by atoms with E-state index in [1.807, 2.05) is 0 Å². The van der Waals surface area contributed by atoms with Crippen LogP contribution in [0.2, 0.25) is 0 Å². The van der Waals surface area contributed by atoms with Crippen LogP contribution in [-0.4, -0.2) is 11.3 Å². The van der Waals surface area contributed by atoms with Crippen LogP contribution in [0, 0.1) is 3.95 Å². The molecule has 1 N–H and O–H groups in total. The van der Waals surface area contributed by atoms with Gasteiger partial charge in [0.25, 0.3) is 0 Å². The van der Waals surface area contributed by atoms with E-state index in [4.69, 9.17) is 12.2 Å². The minimum atomic E-state index is -4.68. The lowest BCUT2D eigenvalue weighted by atomic mass is 10.3. The number of thiazole rings is 1. The van der Waals surface area contributed by atoms with E-state index in [2.05, 4.69) is 9.72 Å². The summed E-state index contributed by atoms with van der Waals surface area (Å²) >= 11 is 5.89. The van der Waals surface area contributed by atoms with E-state index < -0.39 is 6.36 Å². The molecule has 2 rings (SSSR count). The van der Waals surface area contributed by atoms with Crippen molar-refractivity contribution in [2.24, 2.45) is 0 Å². The Morgan fingerprint density at radius 3 is 2.73 bits per heavy atom. The molecule has 0 saturated carbocycles. The maximum Gasteiger partial charge on any atom is 0.573 e. The van der Waals surface area contributed by atoms with E-state index in [0.29, 0.717) is 14.2 Å². The lowest BCUT2D eigenvalue weighted by molar-refractivity contribution is -0.274. The number of aromatic amines is 1. The number of nitrogens with one attached hydrogen (secondary N) is 1. The first kappa shape index (κ1) is 10.4. The molecule has 0 aliphatic rings. The van der Waals surface area contributed by atoms with Crippen molar-refractivity contribution in [1.82, 2.24) is 4.98 Å². The third-order valence-corrected chi connectivity index (χ3v) is 2.90. The summed E-state index contributed by atoms with van der Waals surface area (Å²) in [5.41, 5.74) is 0.548. The number of hydrogen-bond donors (Lipinski definition) is 1. The van der Waals surface area contributed by atoms with E-state index >= 15 is 0 Å². The first-order valence-electron chi connectivity index (χ1n) is 3.83. The Labute approximate surface area is 91.3 Å². The molecule has 0 bridgehead atoms. The van der Waals surface area contributed by atoms with Gasteiger partial charge < -0.3 is 9.72 Å². The molecule has 0 saturated heterocycles. The van der Waals surface area contributed by atoms with Gasteiger partial charge in [0.2, 0.25) is 0 Å². The van der Waals surface area contributed by atoms with Gasteiger partial charge in [0.15, 0.2) is 3.95 Å². The van der Waals surface area contributed by atoms with Gasteiger partial charge >= 0.3 is 6.36 Å². The van der Waals surface area contributed by atoms with E-state index in [-0.39, 0.29) is 5.75 Å². The van der Waals surface area contributed by atoms with Crippen molar-refractivity contribution in [1.29, 1.82) is 0 Å². The Morgan fingerprint density at radius 1 is 1.33 bits per heavy atom. The number of alkyl halides is 3. The fourth-order valence-corrected chi connectivity index (χ4v) is 2.30. The Hall–Kier alpha value is -1.08. The highest BCUT2D eigenvalue weighted by atomic mass is 32.1. The van der Waals surface area contributed by atoms with Gasteiger partial charge in [0, 0.05) is 0 Å². The van der Waals surface area contributed by atoms with Crippen molar-refractivity contribution >= 4 is 33.8 Å². The van der Waals surface area contributed by atoms with Crippen LogP contribution >= 0.6 is 23.6 Å². The van der Waals surface area contributed by atoms with Gasteiger partial charge in [-0.1, -0.05) is 6.07 Å². The Kier molecular flexibility index (Phi) is 2.43. The summed E-state index contributed by atoms with van der Waals surface area (Å²) in [6, 6.07) is 4.38. The van der Waals surface area contributed by atoms with Gasteiger partial charge in [-0.15, -0.1) is 24.5 Å². The second-order valence-corrected chi connectivity index (χ2v) is 4.38. The molecule has 2 nitrogen and oxygen atoms in total. The molecule has 1 aromatic carbocycles. The summed E-state index contributed by atoms with van der Waals surface area (Å²) < 4.78 is 40.7. The predicted molar refractivity (Wildman–Crippen MR) is 53.7 cm³/mol. The topological polar surface area (TPSA) is 25.0 Å². The van der Waals surface area contributed by atoms with Crippen LogP contribution in [0.1, 0.15) is 0 Å². The molecule has 0 radical (unpaired) electrons. The molecule has 0 amide bonds. The molecule has 1 heterocycles. The first-order valence-corrected chi connectivity index (χ1v) is 5.06. The minimum absolute atomic E-state index is 0.225. The zero-order valence-corrected chi connectivity index (χ0v) is 8.72. The summed E-state index contributed by atoms with van der Waals surface area (Å²) in [4.78, 5) is 2.77. The molecule has 0 unspecified atom stereocenters. The number of benzene rings is 1. The molecule has 0 aliphatic heterocycles. The van der Waals surface area contributed by atoms with Crippen LogP contribution in [0.5, 0.6) is 5.75 Å². The summed E-state index contributed by atoms with van der Waals surface area (Å²) in [6.45, 7) is 0. The highest BCUT2D eigenvalue weighted by molar-refractivity contribution is 7.73. The first-order chi connectivity index (χ1) is 6.96. The molecule has 80 valence electrons. The molecule has 7 heteroatoms. The van der Waals surface area contributed by atoms with Gasteiger partial charge in [0.1, 0.15) is 5.75 Å². The largest absolute Gasteiger partial charge is 0.573 e. The Balaban J connectivity index is 2.56. The molecule has 15 heavy (non-hydrogen) atoms. The van der Waals surface area contributed by atoms with Crippen molar-refractivity contribution in [2.75, 3.05) is 0 Å². The second-order valence-electron chi connectivity index (χ2n) is 2.70. The summed E-state index contributed by atoms with van der Waals surface area (Å²) in [7, 11) is 0. The average Bonchev–Trinajstić information content (AvgIpc) is 2.43. The van der Waals surface area contributed by atoms with Crippen LogP contribution in [0.25, 0.3) is 10.2 Å². The Morgan fingerprint density at radius 2 is 2.07 bits per heavy atom. The SMILES string of the molecule is FC(F)(F)Oc1cccc2[nH]c(=S)sc12. The maximum atomic E-state index is 12.0. The number of fused-ring (bicyclic) bond motifs is 1. The number of hydrogen-bond acceptors (Lipinski definition) is 3. The number of H-pyrrole nitrogens is 1. The Bertz CT molecular complexity index is 543. The molecule has 0 aliphatic carbocycles. The minimum Gasteiger partial charge on any atom is -0.404 e. The molecular weight excluding hydrogens is 247 g/mol. The van der Waals surface area contributed by atoms with Gasteiger partial charge in [-0.05, 0) is 24.4 Å². The summed E-state index contributed by atoms with van der Waals surface area (Å²) in [5.74, 6) is -0.225. The number of ether oxygens (including phenoxy) is 1. The predicted octanol–water partition coefficient (Wildman–Crippen LogP) is 3.86. The molecule has 0 atom stereocenters. The zero-order chi connectivity index (χ0) is 11.1. The fraction of sp³-hybridized carbons (Fsp3) is 0.125. The molecule has 0 fully saturated rings. The van der Waals surface area contributed by atoms with Gasteiger partial charge in [-0.3, -0.25) is 0 Å². The molecule has 1 aromatic heterocycles. The molecule has 2 aromatic rings. The zero-order valence-electron chi connectivity index (χ0n) is 7.09. The van der Waals surface area contributed by atoms with Crippen molar-refractivity contribution < 1.29 is 17.9 Å². The second kappa shape index (κ2) is 3.49. The van der Waals surface area contributed by atoms with Crippen molar-refractivity contribution in [3.05, 3.63) is 22.2 Å². The van der Waals surface area contributed by atoms with Crippen LogP contribution in [0.15, 0.2) is 18.2 Å². The van der Waals surface area contributed by atoms with Gasteiger partial charge in [-0.2, -0.15) is 0 Å². The van der Waals surface area contributed by atoms with Crippen LogP contribution in [-0.2, 0) is 0 Å². The number of aromatic nitrogens is 1. The van der Waals surface area contributed by atoms with Crippen LogP contribution < -0.4 is 4.74 Å². The monoisotopic (exact) mass is 251 g/mol. The highest BCUT2D eigenvalue weighted by Gasteiger charge is 2.32.